The van der Waals surface area contributed by atoms with Crippen molar-refractivity contribution in [3.8, 4) is 22.6 Å². The van der Waals surface area contributed by atoms with Crippen LogP contribution in [0.5, 0.6) is 11.5 Å². The summed E-state index contributed by atoms with van der Waals surface area (Å²) in [6, 6.07) is 8.42. The maximum atomic E-state index is 6.14. The normalized spacial score (nSPS) is 19.7. The Hall–Kier alpha value is -3.02. The van der Waals surface area contributed by atoms with E-state index in [4.69, 9.17) is 28.9 Å². The van der Waals surface area contributed by atoms with Crippen LogP contribution in [-0.4, -0.2) is 51.3 Å². The molecule has 2 aliphatic heterocycles. The van der Waals surface area contributed by atoms with Crippen molar-refractivity contribution in [2.45, 2.75) is 53.6 Å². The highest BCUT2D eigenvalue weighted by atomic mass is 16.5. The van der Waals surface area contributed by atoms with E-state index >= 15 is 0 Å². The summed E-state index contributed by atoms with van der Waals surface area (Å²) in [5, 5.41) is 0. The molecular formula is C28H36N2O4. The van der Waals surface area contributed by atoms with Gasteiger partial charge in [0.15, 0.2) is 0 Å². The Labute approximate surface area is 203 Å². The zero-order valence-corrected chi connectivity index (χ0v) is 21.6. The molecule has 0 aromatic heterocycles. The van der Waals surface area contributed by atoms with Crippen LogP contribution >= 0.6 is 0 Å². The Kier molecular flexibility index (Phi) is 6.87. The minimum absolute atomic E-state index is 0.139. The van der Waals surface area contributed by atoms with Gasteiger partial charge in [0.1, 0.15) is 24.7 Å². The van der Waals surface area contributed by atoms with Gasteiger partial charge in [-0.2, -0.15) is 0 Å². The van der Waals surface area contributed by atoms with Crippen LogP contribution < -0.4 is 9.47 Å². The maximum absolute atomic E-state index is 6.14. The number of hydrogen-bond donors (Lipinski definition) is 0. The van der Waals surface area contributed by atoms with Gasteiger partial charge in [0.2, 0.25) is 11.8 Å². The minimum Gasteiger partial charge on any atom is -0.497 e. The number of benzene rings is 2. The van der Waals surface area contributed by atoms with Gasteiger partial charge in [0, 0.05) is 11.1 Å². The number of rotatable bonds is 7. The van der Waals surface area contributed by atoms with E-state index in [0.29, 0.717) is 36.8 Å². The lowest BCUT2D eigenvalue weighted by Crippen LogP contribution is -2.13. The first-order valence-corrected chi connectivity index (χ1v) is 12.0. The fourth-order valence-corrected chi connectivity index (χ4v) is 4.50. The van der Waals surface area contributed by atoms with Gasteiger partial charge in [0.05, 0.1) is 26.3 Å². The van der Waals surface area contributed by atoms with E-state index in [1.807, 2.05) is 12.1 Å². The molecule has 6 heteroatoms. The highest BCUT2D eigenvalue weighted by Gasteiger charge is 2.30. The molecule has 2 aromatic rings. The van der Waals surface area contributed by atoms with Gasteiger partial charge < -0.3 is 18.9 Å². The van der Waals surface area contributed by atoms with Crippen LogP contribution in [0.4, 0.5) is 0 Å². The largest absolute Gasteiger partial charge is 0.497 e. The van der Waals surface area contributed by atoms with Gasteiger partial charge in [-0.3, -0.25) is 0 Å². The average molecular weight is 465 g/mol. The molecule has 0 fully saturated rings. The van der Waals surface area contributed by atoms with Crippen LogP contribution in [0.2, 0.25) is 0 Å². The smallest absolute Gasteiger partial charge is 0.217 e. The third-order valence-corrected chi connectivity index (χ3v) is 6.69. The van der Waals surface area contributed by atoms with Gasteiger partial charge in [-0.25, -0.2) is 9.98 Å². The molecule has 2 atom stereocenters. The lowest BCUT2D eigenvalue weighted by Gasteiger charge is -2.20. The molecule has 0 saturated heterocycles. The second kappa shape index (κ2) is 9.69. The van der Waals surface area contributed by atoms with Crippen molar-refractivity contribution < 1.29 is 18.9 Å². The lowest BCUT2D eigenvalue weighted by atomic mass is 9.87. The number of nitrogens with zero attached hydrogens (tertiary/aromatic N) is 2. The number of aliphatic imine (C=N–C) groups is 2. The van der Waals surface area contributed by atoms with Crippen molar-refractivity contribution in [3.63, 3.8) is 0 Å². The van der Waals surface area contributed by atoms with Crippen molar-refractivity contribution in [1.82, 2.24) is 0 Å². The Balaban J connectivity index is 1.97. The summed E-state index contributed by atoms with van der Waals surface area (Å²) in [7, 11) is 3.37. The number of ether oxygens (including phenoxy) is 4. The Morgan fingerprint density at radius 1 is 0.706 bits per heavy atom. The minimum atomic E-state index is 0.139. The van der Waals surface area contributed by atoms with Gasteiger partial charge in [-0.05, 0) is 72.2 Å². The highest BCUT2D eigenvalue weighted by molar-refractivity contribution is 6.09. The van der Waals surface area contributed by atoms with E-state index in [1.165, 1.54) is 0 Å². The Bertz CT molecular complexity index is 1040. The van der Waals surface area contributed by atoms with Gasteiger partial charge in [-0.15, -0.1) is 0 Å². The van der Waals surface area contributed by atoms with Crippen LogP contribution in [0, 0.1) is 25.7 Å². The second-order valence-corrected chi connectivity index (χ2v) is 9.85. The van der Waals surface area contributed by atoms with Crippen molar-refractivity contribution in [3.05, 3.63) is 46.5 Å². The average Bonchev–Trinajstić information content (AvgIpc) is 3.49. The number of hydrogen-bond acceptors (Lipinski definition) is 6. The molecule has 0 bridgehead atoms. The summed E-state index contributed by atoms with van der Waals surface area (Å²) in [6.07, 6.45) is 0. The van der Waals surface area contributed by atoms with Gasteiger partial charge >= 0.3 is 0 Å². The first-order chi connectivity index (χ1) is 16.2. The number of aryl methyl sites for hydroxylation is 2. The molecule has 2 aliphatic rings. The molecule has 0 amide bonds. The van der Waals surface area contributed by atoms with Crippen LogP contribution in [0.1, 0.15) is 49.9 Å². The van der Waals surface area contributed by atoms with Gasteiger partial charge in [-0.1, -0.05) is 27.7 Å². The van der Waals surface area contributed by atoms with E-state index in [9.17, 15) is 0 Å². The second-order valence-electron chi connectivity index (χ2n) is 9.85. The third kappa shape index (κ3) is 4.50. The molecule has 0 unspecified atom stereocenters. The van der Waals surface area contributed by atoms with E-state index in [0.717, 1.165) is 44.9 Å². The zero-order valence-electron chi connectivity index (χ0n) is 21.6. The maximum Gasteiger partial charge on any atom is 0.217 e. The van der Waals surface area contributed by atoms with Crippen molar-refractivity contribution in [2.75, 3.05) is 27.4 Å². The molecule has 0 radical (unpaired) electrons. The van der Waals surface area contributed by atoms with Crippen molar-refractivity contribution >= 4 is 11.8 Å². The summed E-state index contributed by atoms with van der Waals surface area (Å²) >= 11 is 0. The summed E-state index contributed by atoms with van der Waals surface area (Å²) in [4.78, 5) is 9.88. The Morgan fingerprint density at radius 2 is 1.09 bits per heavy atom. The zero-order chi connectivity index (χ0) is 24.6. The Morgan fingerprint density at radius 3 is 1.38 bits per heavy atom. The van der Waals surface area contributed by atoms with Gasteiger partial charge in [0.25, 0.3) is 0 Å². The summed E-state index contributed by atoms with van der Waals surface area (Å²) < 4.78 is 23.5. The van der Waals surface area contributed by atoms with E-state index < -0.39 is 0 Å². The van der Waals surface area contributed by atoms with Crippen molar-refractivity contribution in [1.29, 1.82) is 0 Å². The summed E-state index contributed by atoms with van der Waals surface area (Å²) in [5.41, 5.74) is 6.10. The standard InChI is InChI=1S/C28H36N2O4/c1-15(2)23-13-33-27(29-23)21-11-19(31-7)9-17(5)25(21)26-18(6)10-20(32-8)12-22(26)28-30-24(14-34-28)16(3)4/h9-12,15-16,23-24H,13-14H2,1-8H3/t23-,24-/m1/s1. The van der Waals surface area contributed by atoms with Crippen LogP contribution in [0.15, 0.2) is 34.3 Å². The molecule has 0 spiro atoms. The third-order valence-electron chi connectivity index (χ3n) is 6.69. The quantitative estimate of drug-likeness (QED) is 0.536. The molecule has 0 N–H and O–H groups in total. The molecule has 34 heavy (non-hydrogen) atoms. The first kappa shape index (κ1) is 24.1. The molecule has 6 nitrogen and oxygen atoms in total. The summed E-state index contributed by atoms with van der Waals surface area (Å²) in [6.45, 7) is 14.0. The molecular weight excluding hydrogens is 428 g/mol. The van der Waals surface area contributed by atoms with Crippen LogP contribution in [0.3, 0.4) is 0 Å². The monoisotopic (exact) mass is 464 g/mol. The van der Waals surface area contributed by atoms with E-state index in [2.05, 4.69) is 53.7 Å². The first-order valence-electron chi connectivity index (χ1n) is 12.0. The molecule has 182 valence electrons. The fourth-order valence-electron chi connectivity index (χ4n) is 4.50. The molecule has 0 aliphatic carbocycles. The predicted molar refractivity (Wildman–Crippen MR) is 137 cm³/mol. The SMILES string of the molecule is COc1cc(C)c(-c2c(C)cc(OC)cc2C2=N[C@@H](C(C)C)CO2)c(C2=N[C@@H](C(C)C)CO2)c1. The summed E-state index contributed by atoms with van der Waals surface area (Å²) in [5.74, 6) is 3.67. The van der Waals surface area contributed by atoms with Crippen LogP contribution in [0.25, 0.3) is 11.1 Å². The predicted octanol–water partition coefficient (Wildman–Crippen LogP) is 5.59. The molecule has 2 heterocycles. The molecule has 2 aromatic carbocycles. The van der Waals surface area contributed by atoms with Crippen molar-refractivity contribution in [2.24, 2.45) is 21.8 Å². The van der Waals surface area contributed by atoms with E-state index in [-0.39, 0.29) is 12.1 Å². The topological polar surface area (TPSA) is 61.6 Å². The van der Waals surface area contributed by atoms with Crippen LogP contribution in [-0.2, 0) is 9.47 Å². The van der Waals surface area contributed by atoms with E-state index in [1.54, 1.807) is 14.2 Å². The molecule has 4 rings (SSSR count). The number of methoxy groups -OCH3 is 2. The molecule has 0 saturated carbocycles. The lowest BCUT2D eigenvalue weighted by molar-refractivity contribution is 0.291. The highest BCUT2D eigenvalue weighted by Crippen LogP contribution is 2.40. The fraction of sp³-hybridized carbons (Fsp3) is 0.500.